The predicted octanol–water partition coefficient (Wildman–Crippen LogP) is 2.91. The van der Waals surface area contributed by atoms with Gasteiger partial charge in [0, 0.05) is 7.11 Å². The van der Waals surface area contributed by atoms with Crippen molar-refractivity contribution in [3.8, 4) is 5.75 Å². The van der Waals surface area contributed by atoms with E-state index in [9.17, 15) is 0 Å². The smallest absolute Gasteiger partial charge is 0.119 e. The maximum atomic E-state index is 5.95. The van der Waals surface area contributed by atoms with Gasteiger partial charge in [-0.2, -0.15) is 0 Å². The highest BCUT2D eigenvalue weighted by Crippen LogP contribution is 2.17. The summed E-state index contributed by atoms with van der Waals surface area (Å²) in [5, 5.41) is 0. The van der Waals surface area contributed by atoms with Crippen molar-refractivity contribution in [1.29, 1.82) is 0 Å². The summed E-state index contributed by atoms with van der Waals surface area (Å²) in [6, 6.07) is 17.8. The van der Waals surface area contributed by atoms with Crippen molar-refractivity contribution in [3.05, 3.63) is 65.7 Å². The number of nitrogens with two attached hydrogens (primary N) is 1. The summed E-state index contributed by atoms with van der Waals surface area (Å²) in [5.41, 5.74) is 8.16. The van der Waals surface area contributed by atoms with Crippen molar-refractivity contribution in [2.45, 2.75) is 12.6 Å². The highest BCUT2D eigenvalue weighted by molar-refractivity contribution is 5.29. The Balaban J connectivity index is 1.92. The first-order chi connectivity index (χ1) is 9.29. The maximum absolute atomic E-state index is 5.95. The van der Waals surface area contributed by atoms with E-state index in [1.807, 2.05) is 54.6 Å². The van der Waals surface area contributed by atoms with Crippen LogP contribution in [0.15, 0.2) is 54.6 Å². The first kappa shape index (κ1) is 13.6. The highest BCUT2D eigenvalue weighted by atomic mass is 16.5. The summed E-state index contributed by atoms with van der Waals surface area (Å²) in [4.78, 5) is 0. The summed E-state index contributed by atoms with van der Waals surface area (Å²) in [6.07, 6.45) is 0. The molecule has 2 aromatic carbocycles. The Morgan fingerprint density at radius 2 is 1.68 bits per heavy atom. The van der Waals surface area contributed by atoms with Crippen LogP contribution in [0, 0.1) is 0 Å². The van der Waals surface area contributed by atoms with E-state index >= 15 is 0 Å². The molecule has 0 aliphatic heterocycles. The molecule has 0 amide bonds. The molecule has 0 radical (unpaired) electrons. The van der Waals surface area contributed by atoms with E-state index in [1.54, 1.807) is 7.11 Å². The molecule has 2 rings (SSSR count). The SMILES string of the molecule is COC[C@H](N)c1ccc(OCc2ccccc2)cc1. The van der Waals surface area contributed by atoms with Crippen LogP contribution in [0.5, 0.6) is 5.75 Å². The van der Waals surface area contributed by atoms with Gasteiger partial charge >= 0.3 is 0 Å². The molecule has 3 nitrogen and oxygen atoms in total. The molecule has 0 fully saturated rings. The number of hydrogen-bond donors (Lipinski definition) is 1. The van der Waals surface area contributed by atoms with Crippen LogP contribution in [0.3, 0.4) is 0 Å². The van der Waals surface area contributed by atoms with Crippen molar-refractivity contribution in [1.82, 2.24) is 0 Å². The molecule has 0 unspecified atom stereocenters. The Morgan fingerprint density at radius 1 is 1.00 bits per heavy atom. The van der Waals surface area contributed by atoms with Gasteiger partial charge in [-0.25, -0.2) is 0 Å². The summed E-state index contributed by atoms with van der Waals surface area (Å²) in [5.74, 6) is 0.845. The molecule has 100 valence electrons. The van der Waals surface area contributed by atoms with Gasteiger partial charge in [0.1, 0.15) is 12.4 Å². The monoisotopic (exact) mass is 257 g/mol. The number of hydrogen-bond acceptors (Lipinski definition) is 3. The minimum Gasteiger partial charge on any atom is -0.489 e. The molecule has 3 heteroatoms. The largest absolute Gasteiger partial charge is 0.489 e. The van der Waals surface area contributed by atoms with Gasteiger partial charge in [0.25, 0.3) is 0 Å². The Hall–Kier alpha value is -1.84. The third-order valence-electron chi connectivity index (χ3n) is 2.90. The lowest BCUT2D eigenvalue weighted by molar-refractivity contribution is 0.181. The zero-order valence-electron chi connectivity index (χ0n) is 11.1. The summed E-state index contributed by atoms with van der Waals surface area (Å²) in [7, 11) is 1.65. The van der Waals surface area contributed by atoms with Gasteiger partial charge in [-0.15, -0.1) is 0 Å². The number of methoxy groups -OCH3 is 1. The predicted molar refractivity (Wildman–Crippen MR) is 76.0 cm³/mol. The summed E-state index contributed by atoms with van der Waals surface area (Å²) >= 11 is 0. The fourth-order valence-electron chi connectivity index (χ4n) is 1.83. The van der Waals surface area contributed by atoms with Gasteiger partial charge < -0.3 is 15.2 Å². The molecule has 0 aromatic heterocycles. The highest BCUT2D eigenvalue weighted by Gasteiger charge is 2.05. The number of rotatable bonds is 6. The van der Waals surface area contributed by atoms with Crippen molar-refractivity contribution < 1.29 is 9.47 Å². The molecule has 0 bridgehead atoms. The molecule has 1 atom stereocenters. The number of benzene rings is 2. The lowest BCUT2D eigenvalue weighted by atomic mass is 10.1. The Bertz CT molecular complexity index is 482. The van der Waals surface area contributed by atoms with Crippen LogP contribution < -0.4 is 10.5 Å². The summed E-state index contributed by atoms with van der Waals surface area (Å²) < 4.78 is 10.8. The molecule has 0 saturated heterocycles. The maximum Gasteiger partial charge on any atom is 0.119 e. The Labute approximate surface area is 114 Å². The first-order valence-corrected chi connectivity index (χ1v) is 6.31. The Morgan fingerprint density at radius 3 is 2.32 bits per heavy atom. The van der Waals surface area contributed by atoms with Crippen LogP contribution in [0.2, 0.25) is 0 Å². The molecular weight excluding hydrogens is 238 g/mol. The third-order valence-corrected chi connectivity index (χ3v) is 2.90. The lowest BCUT2D eigenvalue weighted by Gasteiger charge is -2.12. The zero-order chi connectivity index (χ0) is 13.5. The lowest BCUT2D eigenvalue weighted by Crippen LogP contribution is -2.15. The fourth-order valence-corrected chi connectivity index (χ4v) is 1.83. The quantitative estimate of drug-likeness (QED) is 0.865. The van der Waals surface area contributed by atoms with Crippen LogP contribution in [-0.2, 0) is 11.3 Å². The summed E-state index contributed by atoms with van der Waals surface area (Å²) in [6.45, 7) is 1.09. The molecule has 0 spiro atoms. The van der Waals surface area contributed by atoms with E-state index in [0.717, 1.165) is 16.9 Å². The molecule has 2 N–H and O–H groups in total. The van der Waals surface area contributed by atoms with E-state index in [4.69, 9.17) is 15.2 Å². The second-order valence-corrected chi connectivity index (χ2v) is 4.41. The van der Waals surface area contributed by atoms with Crippen molar-refractivity contribution in [3.63, 3.8) is 0 Å². The number of ether oxygens (including phenoxy) is 2. The fraction of sp³-hybridized carbons (Fsp3) is 0.250. The molecular formula is C16H19NO2. The average molecular weight is 257 g/mol. The van der Waals surface area contributed by atoms with Gasteiger partial charge in [0.05, 0.1) is 12.6 Å². The van der Waals surface area contributed by atoms with Crippen molar-refractivity contribution in [2.75, 3.05) is 13.7 Å². The minimum absolute atomic E-state index is 0.0897. The molecule has 0 saturated carbocycles. The van der Waals surface area contributed by atoms with E-state index < -0.39 is 0 Å². The molecule has 0 aliphatic carbocycles. The molecule has 0 aliphatic rings. The van der Waals surface area contributed by atoms with Crippen molar-refractivity contribution >= 4 is 0 Å². The normalized spacial score (nSPS) is 12.1. The second kappa shape index (κ2) is 6.92. The molecule has 2 aromatic rings. The van der Waals surface area contributed by atoms with Gasteiger partial charge in [0.2, 0.25) is 0 Å². The van der Waals surface area contributed by atoms with Crippen LogP contribution in [0.4, 0.5) is 0 Å². The Kier molecular flexibility index (Phi) is 4.95. The molecule has 19 heavy (non-hydrogen) atoms. The van der Waals surface area contributed by atoms with Gasteiger partial charge in [-0.1, -0.05) is 42.5 Å². The minimum atomic E-state index is -0.0897. The van der Waals surface area contributed by atoms with E-state index in [0.29, 0.717) is 13.2 Å². The van der Waals surface area contributed by atoms with Crippen LogP contribution >= 0.6 is 0 Å². The average Bonchev–Trinajstić information content (AvgIpc) is 2.47. The topological polar surface area (TPSA) is 44.5 Å². The molecule has 0 heterocycles. The van der Waals surface area contributed by atoms with Crippen molar-refractivity contribution in [2.24, 2.45) is 5.73 Å². The van der Waals surface area contributed by atoms with E-state index in [-0.39, 0.29) is 6.04 Å². The third kappa shape index (κ3) is 4.09. The first-order valence-electron chi connectivity index (χ1n) is 6.31. The zero-order valence-corrected chi connectivity index (χ0v) is 11.1. The standard InChI is InChI=1S/C16H19NO2/c1-18-12-16(17)14-7-9-15(10-8-14)19-11-13-5-3-2-4-6-13/h2-10,16H,11-12,17H2,1H3/t16-/m0/s1. The van der Waals surface area contributed by atoms with Gasteiger partial charge in [0.15, 0.2) is 0 Å². The van der Waals surface area contributed by atoms with E-state index in [1.165, 1.54) is 0 Å². The van der Waals surface area contributed by atoms with Gasteiger partial charge in [-0.05, 0) is 23.3 Å². The van der Waals surface area contributed by atoms with Crippen LogP contribution in [-0.4, -0.2) is 13.7 Å². The van der Waals surface area contributed by atoms with Gasteiger partial charge in [-0.3, -0.25) is 0 Å². The van der Waals surface area contributed by atoms with E-state index in [2.05, 4.69) is 0 Å². The second-order valence-electron chi connectivity index (χ2n) is 4.41. The van der Waals surface area contributed by atoms with Crippen LogP contribution in [0.25, 0.3) is 0 Å². The van der Waals surface area contributed by atoms with Crippen LogP contribution in [0.1, 0.15) is 17.2 Å².